The number of amides is 2. The number of anilines is 1. The first kappa shape index (κ1) is 15.6. The molecule has 110 valence electrons. The number of nitrogens with two attached hydrogens (primary N) is 1. The SMILES string of the molecule is NCc1ccc(CNC(=O)Nc2cc(Cl)ccc2Cl)cc1. The number of nitrogens with one attached hydrogen (secondary N) is 2. The minimum Gasteiger partial charge on any atom is -0.334 e. The average molecular weight is 324 g/mol. The van der Waals surface area contributed by atoms with E-state index >= 15 is 0 Å². The lowest BCUT2D eigenvalue weighted by molar-refractivity contribution is 0.251. The Bertz CT molecular complexity index is 629. The molecule has 21 heavy (non-hydrogen) atoms. The number of rotatable bonds is 4. The highest BCUT2D eigenvalue weighted by molar-refractivity contribution is 6.35. The molecule has 0 saturated carbocycles. The van der Waals surface area contributed by atoms with Gasteiger partial charge in [0.15, 0.2) is 0 Å². The van der Waals surface area contributed by atoms with Crippen molar-refractivity contribution < 1.29 is 4.79 Å². The van der Waals surface area contributed by atoms with Crippen LogP contribution in [0, 0.1) is 0 Å². The largest absolute Gasteiger partial charge is 0.334 e. The van der Waals surface area contributed by atoms with Crippen LogP contribution >= 0.6 is 23.2 Å². The Morgan fingerprint density at radius 2 is 1.71 bits per heavy atom. The molecule has 6 heteroatoms. The van der Waals surface area contributed by atoms with Gasteiger partial charge >= 0.3 is 6.03 Å². The smallest absolute Gasteiger partial charge is 0.319 e. The summed E-state index contributed by atoms with van der Waals surface area (Å²) in [6.45, 7) is 0.913. The van der Waals surface area contributed by atoms with Crippen molar-refractivity contribution in [1.29, 1.82) is 0 Å². The van der Waals surface area contributed by atoms with Gasteiger partial charge in [0.25, 0.3) is 0 Å². The molecule has 0 heterocycles. The molecule has 0 unspecified atom stereocenters. The van der Waals surface area contributed by atoms with Gasteiger partial charge in [0, 0.05) is 18.1 Å². The molecule has 0 aromatic heterocycles. The Hall–Kier alpha value is -1.75. The van der Waals surface area contributed by atoms with E-state index in [1.54, 1.807) is 18.2 Å². The van der Waals surface area contributed by atoms with Crippen molar-refractivity contribution in [3.63, 3.8) is 0 Å². The van der Waals surface area contributed by atoms with Gasteiger partial charge in [-0.15, -0.1) is 0 Å². The van der Waals surface area contributed by atoms with Crippen molar-refractivity contribution in [2.24, 2.45) is 5.73 Å². The van der Waals surface area contributed by atoms with Gasteiger partial charge < -0.3 is 16.4 Å². The predicted molar refractivity (Wildman–Crippen MR) is 86.7 cm³/mol. The molecular weight excluding hydrogens is 309 g/mol. The maximum absolute atomic E-state index is 11.8. The third-order valence-corrected chi connectivity index (χ3v) is 3.45. The number of benzene rings is 2. The molecular formula is C15H15Cl2N3O. The molecule has 0 saturated heterocycles. The minimum atomic E-state index is -0.345. The first-order valence-corrected chi connectivity index (χ1v) is 7.12. The zero-order valence-corrected chi connectivity index (χ0v) is 12.7. The maximum atomic E-state index is 11.8. The minimum absolute atomic E-state index is 0.345. The topological polar surface area (TPSA) is 67.1 Å². The van der Waals surface area contributed by atoms with Crippen LogP contribution in [-0.4, -0.2) is 6.03 Å². The highest BCUT2D eigenvalue weighted by Gasteiger charge is 2.06. The van der Waals surface area contributed by atoms with E-state index in [-0.39, 0.29) is 6.03 Å². The van der Waals surface area contributed by atoms with Gasteiger partial charge in [-0.3, -0.25) is 0 Å². The molecule has 0 spiro atoms. The maximum Gasteiger partial charge on any atom is 0.319 e. The van der Waals surface area contributed by atoms with Crippen LogP contribution in [0.3, 0.4) is 0 Å². The van der Waals surface area contributed by atoms with Gasteiger partial charge in [0.05, 0.1) is 10.7 Å². The van der Waals surface area contributed by atoms with Gasteiger partial charge in [-0.25, -0.2) is 4.79 Å². The van der Waals surface area contributed by atoms with E-state index in [1.165, 1.54) is 0 Å². The van der Waals surface area contributed by atoms with E-state index < -0.39 is 0 Å². The fourth-order valence-corrected chi connectivity index (χ4v) is 2.07. The quantitative estimate of drug-likeness (QED) is 0.801. The lowest BCUT2D eigenvalue weighted by Crippen LogP contribution is -2.28. The first-order chi connectivity index (χ1) is 10.1. The highest BCUT2D eigenvalue weighted by atomic mass is 35.5. The van der Waals surface area contributed by atoms with Crippen molar-refractivity contribution in [2.75, 3.05) is 5.32 Å². The zero-order chi connectivity index (χ0) is 15.2. The average Bonchev–Trinajstić information content (AvgIpc) is 2.49. The summed E-state index contributed by atoms with van der Waals surface area (Å²) in [5.74, 6) is 0. The lowest BCUT2D eigenvalue weighted by atomic mass is 10.1. The summed E-state index contributed by atoms with van der Waals surface area (Å²) in [5.41, 5.74) is 8.04. The van der Waals surface area contributed by atoms with E-state index in [2.05, 4.69) is 10.6 Å². The van der Waals surface area contributed by atoms with Crippen LogP contribution in [-0.2, 0) is 13.1 Å². The molecule has 2 aromatic carbocycles. The Morgan fingerprint density at radius 3 is 2.38 bits per heavy atom. The second kappa shape index (κ2) is 7.31. The zero-order valence-electron chi connectivity index (χ0n) is 11.2. The molecule has 4 N–H and O–H groups in total. The Balaban J connectivity index is 1.91. The molecule has 0 aliphatic rings. The van der Waals surface area contributed by atoms with Crippen LogP contribution in [0.25, 0.3) is 0 Å². The molecule has 0 atom stereocenters. The van der Waals surface area contributed by atoms with Crippen LogP contribution in [0.1, 0.15) is 11.1 Å². The van der Waals surface area contributed by atoms with Gasteiger partial charge in [-0.2, -0.15) is 0 Å². The van der Waals surface area contributed by atoms with E-state index in [1.807, 2.05) is 24.3 Å². The summed E-state index contributed by atoms with van der Waals surface area (Å²) in [6.07, 6.45) is 0. The fourth-order valence-electron chi connectivity index (χ4n) is 1.74. The molecule has 0 fully saturated rings. The molecule has 0 aliphatic carbocycles. The van der Waals surface area contributed by atoms with Gasteiger partial charge in [-0.1, -0.05) is 47.5 Å². The fraction of sp³-hybridized carbons (Fsp3) is 0.133. The van der Waals surface area contributed by atoms with Crippen LogP contribution in [0.5, 0.6) is 0 Å². The lowest BCUT2D eigenvalue weighted by Gasteiger charge is -2.09. The molecule has 2 aromatic rings. The van der Waals surface area contributed by atoms with Crippen LogP contribution < -0.4 is 16.4 Å². The van der Waals surface area contributed by atoms with Crippen molar-refractivity contribution in [2.45, 2.75) is 13.1 Å². The summed E-state index contributed by atoms with van der Waals surface area (Å²) in [7, 11) is 0. The Kier molecular flexibility index (Phi) is 5.44. The summed E-state index contributed by atoms with van der Waals surface area (Å²) >= 11 is 11.8. The Morgan fingerprint density at radius 1 is 1.05 bits per heavy atom. The number of hydrogen-bond donors (Lipinski definition) is 3. The normalized spacial score (nSPS) is 10.2. The van der Waals surface area contributed by atoms with Crippen molar-refractivity contribution in [3.05, 3.63) is 63.6 Å². The number of carbonyl (C=O) groups excluding carboxylic acids is 1. The standard InChI is InChI=1S/C15H15Cl2N3O/c16-12-5-6-13(17)14(7-12)20-15(21)19-9-11-3-1-10(8-18)2-4-11/h1-7H,8-9,18H2,(H2,19,20,21). The third kappa shape index (κ3) is 4.63. The molecule has 0 bridgehead atoms. The molecule has 4 nitrogen and oxygen atoms in total. The van der Waals surface area contributed by atoms with Crippen LogP contribution in [0.15, 0.2) is 42.5 Å². The third-order valence-electron chi connectivity index (χ3n) is 2.89. The van der Waals surface area contributed by atoms with E-state index in [0.717, 1.165) is 11.1 Å². The summed E-state index contributed by atoms with van der Waals surface area (Å²) in [5, 5.41) is 6.34. The van der Waals surface area contributed by atoms with E-state index in [0.29, 0.717) is 28.8 Å². The number of halogens is 2. The second-order valence-electron chi connectivity index (χ2n) is 4.45. The van der Waals surface area contributed by atoms with Crippen LogP contribution in [0.2, 0.25) is 10.0 Å². The van der Waals surface area contributed by atoms with E-state index in [9.17, 15) is 4.79 Å². The summed E-state index contributed by atoms with van der Waals surface area (Å²) in [6, 6.07) is 12.3. The molecule has 0 radical (unpaired) electrons. The highest BCUT2D eigenvalue weighted by Crippen LogP contribution is 2.25. The second-order valence-corrected chi connectivity index (χ2v) is 5.30. The Labute approximate surface area is 133 Å². The summed E-state index contributed by atoms with van der Waals surface area (Å²) < 4.78 is 0. The predicted octanol–water partition coefficient (Wildman–Crippen LogP) is 3.77. The first-order valence-electron chi connectivity index (χ1n) is 6.36. The molecule has 2 rings (SSSR count). The molecule has 0 aliphatic heterocycles. The number of urea groups is 1. The summed E-state index contributed by atoms with van der Waals surface area (Å²) in [4.78, 5) is 11.8. The number of carbonyl (C=O) groups is 1. The van der Waals surface area contributed by atoms with Crippen molar-refractivity contribution in [1.82, 2.24) is 5.32 Å². The van der Waals surface area contributed by atoms with Gasteiger partial charge in [-0.05, 0) is 29.3 Å². The van der Waals surface area contributed by atoms with Crippen molar-refractivity contribution >= 4 is 34.9 Å². The van der Waals surface area contributed by atoms with Crippen LogP contribution in [0.4, 0.5) is 10.5 Å². The van der Waals surface area contributed by atoms with Gasteiger partial charge in [0.1, 0.15) is 0 Å². The van der Waals surface area contributed by atoms with Crippen molar-refractivity contribution in [3.8, 4) is 0 Å². The number of hydrogen-bond acceptors (Lipinski definition) is 2. The molecule has 2 amide bonds. The monoisotopic (exact) mass is 323 g/mol. The van der Waals surface area contributed by atoms with E-state index in [4.69, 9.17) is 28.9 Å². The van der Waals surface area contributed by atoms with Gasteiger partial charge in [0.2, 0.25) is 0 Å².